The number of benzene rings is 1. The molecule has 0 aliphatic carbocycles. The number of pyridine rings is 1. The maximum atomic E-state index is 13.9. The number of fused-ring (bicyclic) bond motifs is 1. The Labute approximate surface area is 190 Å². The zero-order valence-electron chi connectivity index (χ0n) is 19.9. The number of unbranched alkanes of at least 4 members (excludes halogenated alkanes) is 1. The van der Waals surface area contributed by atoms with Crippen molar-refractivity contribution < 1.29 is 9.18 Å². The number of imidazole rings is 1. The summed E-state index contributed by atoms with van der Waals surface area (Å²) in [6.07, 6.45) is 7.28. The number of aryl methyl sites for hydroxylation is 2. The van der Waals surface area contributed by atoms with Gasteiger partial charge in [0.1, 0.15) is 5.67 Å². The zero-order chi connectivity index (χ0) is 23.3. The number of aromatic nitrogens is 2. The van der Waals surface area contributed by atoms with Crippen LogP contribution in [0.3, 0.4) is 0 Å². The number of amides is 1. The Morgan fingerprint density at radius 3 is 2.62 bits per heavy atom. The van der Waals surface area contributed by atoms with E-state index in [2.05, 4.69) is 46.1 Å². The van der Waals surface area contributed by atoms with Gasteiger partial charge in [-0.3, -0.25) is 9.20 Å². The summed E-state index contributed by atoms with van der Waals surface area (Å²) in [4.78, 5) is 17.1. The second-order valence-electron chi connectivity index (χ2n) is 8.99. The number of hydrogen-bond acceptors (Lipinski definition) is 3. The first-order valence-corrected chi connectivity index (χ1v) is 11.6. The summed E-state index contributed by atoms with van der Waals surface area (Å²) < 4.78 is 16.0. The van der Waals surface area contributed by atoms with Gasteiger partial charge < -0.3 is 10.6 Å². The molecule has 1 amide bonds. The van der Waals surface area contributed by atoms with Crippen LogP contribution < -0.4 is 10.6 Å². The summed E-state index contributed by atoms with van der Waals surface area (Å²) in [5.41, 5.74) is 5.27. The molecule has 0 fully saturated rings. The van der Waals surface area contributed by atoms with Crippen LogP contribution in [0, 0.1) is 6.92 Å². The summed E-state index contributed by atoms with van der Waals surface area (Å²) in [6.45, 7) is 10.6. The van der Waals surface area contributed by atoms with Gasteiger partial charge in [0.15, 0.2) is 5.65 Å². The minimum absolute atomic E-state index is 0.0313. The van der Waals surface area contributed by atoms with Crippen molar-refractivity contribution >= 4 is 17.2 Å². The molecule has 0 saturated heterocycles. The van der Waals surface area contributed by atoms with E-state index in [4.69, 9.17) is 0 Å². The van der Waals surface area contributed by atoms with Crippen LogP contribution in [0.2, 0.25) is 0 Å². The van der Waals surface area contributed by atoms with Gasteiger partial charge in [-0.2, -0.15) is 0 Å². The van der Waals surface area contributed by atoms with Crippen molar-refractivity contribution in [2.45, 2.75) is 66.0 Å². The molecule has 6 heteroatoms. The molecule has 0 atom stereocenters. The second kappa shape index (κ2) is 10.2. The van der Waals surface area contributed by atoms with Gasteiger partial charge in [0.25, 0.3) is 5.91 Å². The van der Waals surface area contributed by atoms with E-state index in [1.807, 2.05) is 31.3 Å². The van der Waals surface area contributed by atoms with E-state index in [0.29, 0.717) is 25.1 Å². The largest absolute Gasteiger partial charge is 0.382 e. The molecule has 1 aromatic carbocycles. The maximum absolute atomic E-state index is 13.9. The lowest BCUT2D eigenvalue weighted by Crippen LogP contribution is -2.25. The molecule has 2 heterocycles. The fraction of sp³-hybridized carbons (Fsp3) is 0.462. The lowest BCUT2D eigenvalue weighted by molar-refractivity contribution is 0.0952. The molecule has 0 radical (unpaired) electrons. The van der Waals surface area contributed by atoms with E-state index in [0.717, 1.165) is 47.4 Å². The monoisotopic (exact) mass is 438 g/mol. The molecule has 0 unspecified atom stereocenters. The third-order valence-corrected chi connectivity index (χ3v) is 5.69. The molecule has 0 aliphatic heterocycles. The number of alkyl halides is 1. The van der Waals surface area contributed by atoms with Gasteiger partial charge >= 0.3 is 0 Å². The van der Waals surface area contributed by atoms with Gasteiger partial charge in [-0.15, -0.1) is 0 Å². The Kier molecular flexibility index (Phi) is 7.54. The van der Waals surface area contributed by atoms with E-state index in [9.17, 15) is 9.18 Å². The van der Waals surface area contributed by atoms with Crippen molar-refractivity contribution in [3.8, 4) is 11.3 Å². The fourth-order valence-electron chi connectivity index (χ4n) is 3.73. The molecule has 2 N–H and O–H groups in total. The van der Waals surface area contributed by atoms with Crippen molar-refractivity contribution in [2.24, 2.45) is 0 Å². The van der Waals surface area contributed by atoms with E-state index in [1.165, 1.54) is 5.56 Å². The second-order valence-corrected chi connectivity index (χ2v) is 8.99. The molecular weight excluding hydrogens is 403 g/mol. The van der Waals surface area contributed by atoms with Crippen LogP contribution in [-0.2, 0) is 6.42 Å². The topological polar surface area (TPSA) is 58.4 Å². The molecule has 172 valence electrons. The molecule has 2 aromatic heterocycles. The van der Waals surface area contributed by atoms with Gasteiger partial charge in [-0.05, 0) is 69.4 Å². The Morgan fingerprint density at radius 2 is 1.97 bits per heavy atom. The Morgan fingerprint density at radius 1 is 1.19 bits per heavy atom. The quantitative estimate of drug-likeness (QED) is 0.385. The molecule has 0 bridgehead atoms. The normalized spacial score (nSPS) is 11.7. The number of nitrogens with one attached hydrogen (secondary N) is 2. The summed E-state index contributed by atoms with van der Waals surface area (Å²) in [5.74, 6) is -0.0313. The highest BCUT2D eigenvalue weighted by Crippen LogP contribution is 2.28. The molecule has 5 nitrogen and oxygen atoms in total. The minimum Gasteiger partial charge on any atom is -0.382 e. The SMILES string of the molecule is CCCCNC(=O)c1ccc(-c2cnc3c(NCCC(C)(C)F)cc(CC)cn23)cc1C. The van der Waals surface area contributed by atoms with E-state index >= 15 is 0 Å². The maximum Gasteiger partial charge on any atom is 0.251 e. The van der Waals surface area contributed by atoms with Crippen LogP contribution in [0.15, 0.2) is 36.7 Å². The minimum atomic E-state index is -1.21. The van der Waals surface area contributed by atoms with E-state index in [1.54, 1.807) is 13.8 Å². The zero-order valence-corrected chi connectivity index (χ0v) is 19.9. The molecule has 0 aliphatic rings. The number of anilines is 1. The molecule has 0 spiro atoms. The molecule has 0 saturated carbocycles. The number of carbonyl (C=O) groups is 1. The molecule has 3 rings (SSSR count). The molecule has 3 aromatic rings. The van der Waals surface area contributed by atoms with Gasteiger partial charge in [-0.1, -0.05) is 26.3 Å². The van der Waals surface area contributed by atoms with Crippen molar-refractivity contribution in [3.05, 3.63) is 53.3 Å². The third kappa shape index (κ3) is 5.67. The average Bonchev–Trinajstić information content (AvgIpc) is 3.16. The van der Waals surface area contributed by atoms with Crippen molar-refractivity contribution in [2.75, 3.05) is 18.4 Å². The van der Waals surface area contributed by atoms with Crippen molar-refractivity contribution in [3.63, 3.8) is 0 Å². The number of nitrogens with zero attached hydrogens (tertiary/aromatic N) is 2. The Balaban J connectivity index is 1.91. The van der Waals surface area contributed by atoms with Crippen LogP contribution in [0.4, 0.5) is 10.1 Å². The number of hydrogen-bond donors (Lipinski definition) is 2. The van der Waals surface area contributed by atoms with Crippen LogP contribution in [0.25, 0.3) is 16.9 Å². The molecule has 32 heavy (non-hydrogen) atoms. The molecular formula is C26H35FN4O. The summed E-state index contributed by atoms with van der Waals surface area (Å²) in [5, 5.41) is 6.35. The first-order valence-electron chi connectivity index (χ1n) is 11.6. The smallest absolute Gasteiger partial charge is 0.251 e. The van der Waals surface area contributed by atoms with Gasteiger partial charge in [0.2, 0.25) is 0 Å². The predicted molar refractivity (Wildman–Crippen MR) is 130 cm³/mol. The Bertz CT molecular complexity index is 1080. The van der Waals surface area contributed by atoms with Crippen molar-refractivity contribution in [1.29, 1.82) is 0 Å². The number of rotatable bonds is 10. The lowest BCUT2D eigenvalue weighted by atomic mass is 10.0. The standard InChI is InChI=1S/C26H35FN4O/c1-6-8-12-29-25(32)21-10-9-20(14-18(21)3)23-16-30-24-22(28-13-11-26(4,5)27)15-19(7-2)17-31(23)24/h9-10,14-17,28H,6-8,11-13H2,1-5H3,(H,29,32). The van der Waals surface area contributed by atoms with Crippen molar-refractivity contribution in [1.82, 2.24) is 14.7 Å². The summed E-state index contributed by atoms with van der Waals surface area (Å²) in [6, 6.07) is 7.99. The van der Waals surface area contributed by atoms with Gasteiger partial charge in [0, 0.05) is 30.4 Å². The van der Waals surface area contributed by atoms with E-state index in [-0.39, 0.29) is 5.91 Å². The van der Waals surface area contributed by atoms with Crippen LogP contribution in [0.1, 0.15) is 68.4 Å². The average molecular weight is 439 g/mol. The van der Waals surface area contributed by atoms with Crippen LogP contribution in [-0.4, -0.2) is 34.1 Å². The predicted octanol–water partition coefficient (Wildman–Crippen LogP) is 5.95. The van der Waals surface area contributed by atoms with Crippen LogP contribution >= 0.6 is 0 Å². The van der Waals surface area contributed by atoms with Gasteiger partial charge in [-0.25, -0.2) is 9.37 Å². The number of carbonyl (C=O) groups excluding carboxylic acids is 1. The van der Waals surface area contributed by atoms with Gasteiger partial charge in [0.05, 0.1) is 17.6 Å². The highest BCUT2D eigenvalue weighted by Gasteiger charge is 2.17. The fourth-order valence-corrected chi connectivity index (χ4v) is 3.73. The van der Waals surface area contributed by atoms with E-state index < -0.39 is 5.67 Å². The highest BCUT2D eigenvalue weighted by atomic mass is 19.1. The first kappa shape index (κ1) is 23.8. The van der Waals surface area contributed by atoms with Crippen LogP contribution in [0.5, 0.6) is 0 Å². The first-order chi connectivity index (χ1) is 15.2. The third-order valence-electron chi connectivity index (χ3n) is 5.69. The lowest BCUT2D eigenvalue weighted by Gasteiger charge is -2.16. The Hall–Kier alpha value is -2.89. The summed E-state index contributed by atoms with van der Waals surface area (Å²) in [7, 11) is 0. The summed E-state index contributed by atoms with van der Waals surface area (Å²) >= 11 is 0. The highest BCUT2D eigenvalue weighted by molar-refractivity contribution is 5.96. The number of halogens is 1.